The Morgan fingerprint density at radius 3 is 2.35 bits per heavy atom. The van der Waals surface area contributed by atoms with Crippen LogP contribution in [0.2, 0.25) is 15.1 Å². The fraction of sp³-hybridized carbons (Fsp3) is 0.294. The Bertz CT molecular complexity index is 620. The number of halogens is 3. The van der Waals surface area contributed by atoms with Crippen LogP contribution in [0.25, 0.3) is 0 Å². The van der Waals surface area contributed by atoms with Crippen LogP contribution in [0.3, 0.4) is 0 Å². The van der Waals surface area contributed by atoms with Crippen LogP contribution in [0.4, 0.5) is 0 Å². The first-order chi connectivity index (χ1) is 11.0. The SMILES string of the molecule is OC(COCc1ccc(Cl)cc1)CSCc1ccc(Cl)c(Cl)c1. The quantitative estimate of drug-likeness (QED) is 0.648. The summed E-state index contributed by atoms with van der Waals surface area (Å²) in [5.74, 6) is 1.37. The van der Waals surface area contributed by atoms with Gasteiger partial charge in [0.05, 0.1) is 29.4 Å². The van der Waals surface area contributed by atoms with Gasteiger partial charge in [-0.25, -0.2) is 0 Å². The molecule has 2 rings (SSSR count). The normalized spacial score (nSPS) is 12.3. The van der Waals surface area contributed by atoms with Crippen molar-refractivity contribution in [2.75, 3.05) is 12.4 Å². The highest BCUT2D eigenvalue weighted by atomic mass is 35.5. The molecule has 1 N–H and O–H groups in total. The summed E-state index contributed by atoms with van der Waals surface area (Å²) in [6, 6.07) is 13.0. The highest BCUT2D eigenvalue weighted by Crippen LogP contribution is 2.24. The summed E-state index contributed by atoms with van der Waals surface area (Å²) in [5.41, 5.74) is 2.11. The van der Waals surface area contributed by atoms with E-state index in [2.05, 4.69) is 0 Å². The minimum atomic E-state index is -0.505. The minimum absolute atomic E-state index is 0.303. The van der Waals surface area contributed by atoms with Gasteiger partial charge in [0.25, 0.3) is 0 Å². The van der Waals surface area contributed by atoms with Crippen molar-refractivity contribution in [2.24, 2.45) is 0 Å². The van der Waals surface area contributed by atoms with Gasteiger partial charge in [-0.1, -0.05) is 53.0 Å². The van der Waals surface area contributed by atoms with Crippen molar-refractivity contribution in [3.05, 3.63) is 68.7 Å². The van der Waals surface area contributed by atoms with Gasteiger partial charge in [-0.15, -0.1) is 0 Å². The highest BCUT2D eigenvalue weighted by Gasteiger charge is 2.06. The van der Waals surface area contributed by atoms with Gasteiger partial charge >= 0.3 is 0 Å². The first kappa shape index (κ1) is 18.9. The Morgan fingerprint density at radius 1 is 0.957 bits per heavy atom. The average Bonchev–Trinajstić information content (AvgIpc) is 2.53. The van der Waals surface area contributed by atoms with Crippen molar-refractivity contribution >= 4 is 46.6 Å². The van der Waals surface area contributed by atoms with Crippen molar-refractivity contribution in [2.45, 2.75) is 18.5 Å². The Hall–Kier alpha value is -0.420. The molecule has 0 aromatic heterocycles. The third kappa shape index (κ3) is 6.92. The van der Waals surface area contributed by atoms with E-state index in [9.17, 15) is 5.11 Å². The number of aliphatic hydroxyl groups excluding tert-OH is 1. The summed E-state index contributed by atoms with van der Waals surface area (Å²) in [4.78, 5) is 0. The monoisotopic (exact) mass is 390 g/mol. The molecule has 0 fully saturated rings. The maximum Gasteiger partial charge on any atom is 0.0864 e. The van der Waals surface area contributed by atoms with Crippen molar-refractivity contribution in [3.63, 3.8) is 0 Å². The Balaban J connectivity index is 1.63. The molecule has 1 unspecified atom stereocenters. The molecule has 0 bridgehead atoms. The number of ether oxygens (including phenoxy) is 1. The van der Waals surface area contributed by atoms with E-state index < -0.39 is 6.10 Å². The molecule has 0 saturated carbocycles. The zero-order valence-corrected chi connectivity index (χ0v) is 15.4. The van der Waals surface area contributed by atoms with E-state index in [1.807, 2.05) is 36.4 Å². The molecule has 2 aromatic rings. The third-order valence-electron chi connectivity index (χ3n) is 3.06. The molecular weight excluding hydrogens is 375 g/mol. The second-order valence-corrected chi connectivity index (χ2v) is 7.34. The van der Waals surface area contributed by atoms with Crippen molar-refractivity contribution in [1.82, 2.24) is 0 Å². The smallest absolute Gasteiger partial charge is 0.0864 e. The van der Waals surface area contributed by atoms with Crippen molar-refractivity contribution in [1.29, 1.82) is 0 Å². The highest BCUT2D eigenvalue weighted by molar-refractivity contribution is 7.98. The van der Waals surface area contributed by atoms with Gasteiger partial charge in [0.1, 0.15) is 0 Å². The van der Waals surface area contributed by atoms with Crippen molar-refractivity contribution in [3.8, 4) is 0 Å². The lowest BCUT2D eigenvalue weighted by Crippen LogP contribution is -2.18. The molecule has 1 atom stereocenters. The van der Waals surface area contributed by atoms with Crippen LogP contribution in [0.5, 0.6) is 0 Å². The zero-order chi connectivity index (χ0) is 16.7. The first-order valence-corrected chi connectivity index (χ1v) is 9.35. The molecule has 0 saturated heterocycles. The molecule has 0 aliphatic carbocycles. The van der Waals surface area contributed by atoms with Gasteiger partial charge in [-0.2, -0.15) is 11.8 Å². The van der Waals surface area contributed by atoms with E-state index in [1.165, 1.54) is 0 Å². The lowest BCUT2D eigenvalue weighted by Gasteiger charge is -2.11. The fourth-order valence-corrected chi connectivity index (χ4v) is 3.23. The van der Waals surface area contributed by atoms with Crippen LogP contribution in [0.1, 0.15) is 11.1 Å². The fourth-order valence-electron chi connectivity index (χ4n) is 1.88. The summed E-state index contributed by atoms with van der Waals surface area (Å²) in [6.45, 7) is 0.767. The van der Waals surface area contributed by atoms with Gasteiger partial charge in [0.2, 0.25) is 0 Å². The second-order valence-electron chi connectivity index (χ2n) is 5.06. The number of aliphatic hydroxyl groups is 1. The zero-order valence-electron chi connectivity index (χ0n) is 12.3. The molecule has 2 nitrogen and oxygen atoms in total. The van der Waals surface area contributed by atoms with E-state index in [-0.39, 0.29) is 0 Å². The molecule has 0 heterocycles. The summed E-state index contributed by atoms with van der Waals surface area (Å²) in [5, 5.41) is 11.7. The molecule has 2 aromatic carbocycles. The summed E-state index contributed by atoms with van der Waals surface area (Å²) in [7, 11) is 0. The largest absolute Gasteiger partial charge is 0.390 e. The second kappa shape index (κ2) is 9.77. The number of hydrogen-bond donors (Lipinski definition) is 1. The predicted octanol–water partition coefficient (Wildman–Crippen LogP) is 5.46. The number of hydrogen-bond acceptors (Lipinski definition) is 3. The van der Waals surface area contributed by atoms with Gasteiger partial charge in [0.15, 0.2) is 0 Å². The molecule has 0 aliphatic heterocycles. The number of rotatable bonds is 8. The number of thioether (sulfide) groups is 1. The Morgan fingerprint density at radius 2 is 1.65 bits per heavy atom. The van der Waals surface area contributed by atoms with Crippen LogP contribution in [0, 0.1) is 0 Å². The van der Waals surface area contributed by atoms with Crippen LogP contribution in [-0.2, 0) is 17.1 Å². The van der Waals surface area contributed by atoms with Crippen LogP contribution < -0.4 is 0 Å². The molecule has 124 valence electrons. The van der Waals surface area contributed by atoms with E-state index in [0.29, 0.717) is 34.0 Å². The van der Waals surface area contributed by atoms with Crippen molar-refractivity contribution < 1.29 is 9.84 Å². The first-order valence-electron chi connectivity index (χ1n) is 7.06. The van der Waals surface area contributed by atoms with Gasteiger partial charge < -0.3 is 9.84 Å². The molecular formula is C17H17Cl3O2S. The Kier molecular flexibility index (Phi) is 8.04. The summed E-state index contributed by atoms with van der Waals surface area (Å²) < 4.78 is 5.51. The maximum atomic E-state index is 9.93. The molecule has 23 heavy (non-hydrogen) atoms. The summed E-state index contributed by atoms with van der Waals surface area (Å²) in [6.07, 6.45) is -0.505. The molecule has 0 amide bonds. The van der Waals surface area contributed by atoms with Gasteiger partial charge in [-0.05, 0) is 35.4 Å². The van der Waals surface area contributed by atoms with Gasteiger partial charge in [0, 0.05) is 16.5 Å². The molecule has 6 heteroatoms. The lowest BCUT2D eigenvalue weighted by molar-refractivity contribution is 0.0398. The predicted molar refractivity (Wildman–Crippen MR) is 99.7 cm³/mol. The molecule has 0 radical (unpaired) electrons. The van der Waals surface area contributed by atoms with E-state index >= 15 is 0 Å². The van der Waals surface area contributed by atoms with Crippen LogP contribution in [0.15, 0.2) is 42.5 Å². The molecule has 0 spiro atoms. The van der Waals surface area contributed by atoms with E-state index in [0.717, 1.165) is 16.9 Å². The van der Waals surface area contributed by atoms with Crippen LogP contribution >= 0.6 is 46.6 Å². The molecule has 0 aliphatic rings. The van der Waals surface area contributed by atoms with Gasteiger partial charge in [-0.3, -0.25) is 0 Å². The minimum Gasteiger partial charge on any atom is -0.390 e. The number of benzene rings is 2. The standard InChI is InChI=1S/C17H17Cl3O2S/c18-14-4-1-12(2-5-14)8-22-9-15(21)11-23-10-13-3-6-16(19)17(20)7-13/h1-7,15,21H,8-11H2. The van der Waals surface area contributed by atoms with Crippen LogP contribution in [-0.4, -0.2) is 23.6 Å². The van der Waals surface area contributed by atoms with E-state index in [1.54, 1.807) is 17.8 Å². The summed E-state index contributed by atoms with van der Waals surface area (Å²) >= 11 is 19.3. The third-order valence-corrected chi connectivity index (χ3v) is 5.20. The van der Waals surface area contributed by atoms with E-state index in [4.69, 9.17) is 39.5 Å². The Labute approximate surface area is 155 Å². The topological polar surface area (TPSA) is 29.5 Å². The maximum absolute atomic E-state index is 9.93. The lowest BCUT2D eigenvalue weighted by atomic mass is 10.2. The average molecular weight is 392 g/mol.